The maximum absolute atomic E-state index is 15.2. The number of nitrogens with zero attached hydrogens (tertiary/aromatic N) is 3. The van der Waals surface area contributed by atoms with Crippen LogP contribution in [-0.2, 0) is 20.9 Å². The molecule has 0 unspecified atom stereocenters. The van der Waals surface area contributed by atoms with E-state index in [1.807, 2.05) is 10.8 Å². The van der Waals surface area contributed by atoms with E-state index < -0.39 is 25.5 Å². The first-order chi connectivity index (χ1) is 19.0. The summed E-state index contributed by atoms with van der Waals surface area (Å²) in [5.74, 6) is -1.71. The van der Waals surface area contributed by atoms with Crippen molar-refractivity contribution >= 4 is 30.8 Å². The third-order valence-electron chi connectivity index (χ3n) is 7.32. The maximum atomic E-state index is 15.2. The number of hydrogen-bond acceptors (Lipinski definition) is 7. The minimum Gasteiger partial charge on any atom is -0.464 e. The molecular weight excluding hydrogens is 534 g/mol. The van der Waals surface area contributed by atoms with Gasteiger partial charge in [0.15, 0.2) is 17.4 Å². The summed E-state index contributed by atoms with van der Waals surface area (Å²) in [7, 11) is -1.21. The summed E-state index contributed by atoms with van der Waals surface area (Å²) in [6, 6.07) is 5.27. The molecule has 2 aromatic heterocycles. The number of ether oxygens (including phenoxy) is 4. The molecule has 8 nitrogen and oxygen atoms in total. The summed E-state index contributed by atoms with van der Waals surface area (Å²) in [6.45, 7) is 14.3. The van der Waals surface area contributed by atoms with Gasteiger partial charge in [-0.05, 0) is 30.0 Å². The minimum absolute atomic E-state index is 0.108. The number of aliphatic imine (C=N–C) groups is 1. The molecule has 2 aliphatic rings. The normalized spacial score (nSPS) is 19.4. The van der Waals surface area contributed by atoms with Crippen LogP contribution in [-0.4, -0.2) is 56.6 Å². The highest BCUT2D eigenvalue weighted by atomic mass is 28.3. The fourth-order valence-electron chi connectivity index (χ4n) is 4.86. The molecule has 5 rings (SSSR count). The van der Waals surface area contributed by atoms with Gasteiger partial charge >= 0.3 is 0 Å². The van der Waals surface area contributed by atoms with Crippen LogP contribution in [0.1, 0.15) is 31.7 Å². The molecule has 0 aliphatic carbocycles. The van der Waals surface area contributed by atoms with Crippen molar-refractivity contribution in [3.8, 4) is 11.5 Å². The topological polar surface area (TPSA) is 79.1 Å². The number of fused-ring (bicyclic) bond motifs is 1. The van der Waals surface area contributed by atoms with Crippen LogP contribution < -0.4 is 10.1 Å². The van der Waals surface area contributed by atoms with E-state index in [0.717, 1.165) is 18.0 Å². The van der Waals surface area contributed by atoms with Crippen molar-refractivity contribution in [1.29, 1.82) is 0 Å². The molecular formula is C29H38F2N4O4Si. The van der Waals surface area contributed by atoms with Crippen molar-refractivity contribution in [2.24, 2.45) is 10.4 Å². The quantitative estimate of drug-likeness (QED) is 0.226. The second-order valence-electron chi connectivity index (χ2n) is 12.3. The molecule has 0 radical (unpaired) electrons. The molecule has 1 spiro atoms. The predicted octanol–water partition coefficient (Wildman–Crippen LogP) is 6.75. The van der Waals surface area contributed by atoms with E-state index in [9.17, 15) is 0 Å². The van der Waals surface area contributed by atoms with Crippen molar-refractivity contribution in [2.75, 3.05) is 38.3 Å². The van der Waals surface area contributed by atoms with E-state index in [4.69, 9.17) is 18.9 Å². The third kappa shape index (κ3) is 6.31. The second kappa shape index (κ2) is 11.5. The Morgan fingerprint density at radius 3 is 2.58 bits per heavy atom. The Bertz CT molecular complexity index is 1370. The molecule has 1 atom stereocenters. The maximum Gasteiger partial charge on any atom is 0.289 e. The van der Waals surface area contributed by atoms with Gasteiger partial charge in [0, 0.05) is 56.9 Å². The third-order valence-corrected chi connectivity index (χ3v) is 9.02. The summed E-state index contributed by atoms with van der Waals surface area (Å²) < 4.78 is 55.4. The number of aromatic nitrogens is 2. The fourth-order valence-corrected chi connectivity index (χ4v) is 5.61. The number of pyridine rings is 1. The summed E-state index contributed by atoms with van der Waals surface area (Å²) in [6.07, 6.45) is 4.44. The molecule has 2 aliphatic heterocycles. The smallest absolute Gasteiger partial charge is 0.289 e. The number of halogens is 2. The van der Waals surface area contributed by atoms with Gasteiger partial charge in [-0.2, -0.15) is 0 Å². The van der Waals surface area contributed by atoms with Crippen LogP contribution in [0.5, 0.6) is 11.5 Å². The highest BCUT2D eigenvalue weighted by Crippen LogP contribution is 2.38. The summed E-state index contributed by atoms with van der Waals surface area (Å²) >= 11 is 0. The first-order valence-corrected chi connectivity index (χ1v) is 17.5. The molecule has 40 heavy (non-hydrogen) atoms. The molecule has 216 valence electrons. The van der Waals surface area contributed by atoms with Gasteiger partial charge in [-0.1, -0.05) is 33.5 Å². The number of hydrogen-bond donors (Lipinski definition) is 1. The van der Waals surface area contributed by atoms with Crippen LogP contribution in [0, 0.1) is 17.0 Å². The average molecular weight is 573 g/mol. The Morgan fingerprint density at radius 2 is 1.95 bits per heavy atom. The molecule has 11 heteroatoms. The molecule has 1 saturated heterocycles. The monoisotopic (exact) mass is 572 g/mol. The Labute approximate surface area is 234 Å². The SMILES string of the molecule is CC(C)c1cn(COCC[Si](C)(C)C)c2nccc(Oc3c(F)cc(NC4=NC[C@@]5(CCOC5)CO4)cc3F)c12. The van der Waals surface area contributed by atoms with Crippen LogP contribution in [0.4, 0.5) is 14.5 Å². The summed E-state index contributed by atoms with van der Waals surface area (Å²) in [5, 5.41) is 3.59. The fraction of sp³-hybridized carbons (Fsp3) is 0.517. The molecule has 0 saturated carbocycles. The molecule has 4 heterocycles. The minimum atomic E-state index is -1.21. The lowest BCUT2D eigenvalue weighted by Gasteiger charge is -2.30. The number of benzene rings is 1. The van der Waals surface area contributed by atoms with Crippen LogP contribution in [0.3, 0.4) is 0 Å². The van der Waals surface area contributed by atoms with Crippen molar-refractivity contribution in [2.45, 2.75) is 58.6 Å². The average Bonchev–Trinajstić information content (AvgIpc) is 3.50. The van der Waals surface area contributed by atoms with Crippen molar-refractivity contribution in [3.05, 3.63) is 47.8 Å². The van der Waals surface area contributed by atoms with E-state index in [0.29, 0.717) is 56.5 Å². The number of nitrogens with one attached hydrogen (secondary N) is 1. The Morgan fingerprint density at radius 1 is 1.18 bits per heavy atom. The second-order valence-corrected chi connectivity index (χ2v) is 17.9. The zero-order valence-corrected chi connectivity index (χ0v) is 24.9. The van der Waals surface area contributed by atoms with Gasteiger partial charge in [-0.15, -0.1) is 0 Å². The molecule has 1 fully saturated rings. The Balaban J connectivity index is 1.35. The van der Waals surface area contributed by atoms with Crippen LogP contribution in [0.25, 0.3) is 11.0 Å². The van der Waals surface area contributed by atoms with Crippen LogP contribution >= 0.6 is 0 Å². The van der Waals surface area contributed by atoms with E-state index in [2.05, 4.69) is 48.8 Å². The zero-order valence-electron chi connectivity index (χ0n) is 23.9. The van der Waals surface area contributed by atoms with Gasteiger partial charge in [0.1, 0.15) is 24.7 Å². The summed E-state index contributed by atoms with van der Waals surface area (Å²) in [4.78, 5) is 8.96. The van der Waals surface area contributed by atoms with E-state index in [1.54, 1.807) is 12.3 Å². The molecule has 1 aromatic carbocycles. The number of rotatable bonds is 9. The van der Waals surface area contributed by atoms with Gasteiger partial charge in [0.05, 0.1) is 18.5 Å². The predicted molar refractivity (Wildman–Crippen MR) is 154 cm³/mol. The van der Waals surface area contributed by atoms with Gasteiger partial charge in [0.25, 0.3) is 6.02 Å². The Kier molecular flexibility index (Phi) is 8.17. The summed E-state index contributed by atoms with van der Waals surface area (Å²) in [5.41, 5.74) is 1.68. The first-order valence-electron chi connectivity index (χ1n) is 13.8. The molecule has 0 bridgehead atoms. The van der Waals surface area contributed by atoms with Gasteiger partial charge in [-0.25, -0.2) is 18.8 Å². The van der Waals surface area contributed by atoms with Crippen LogP contribution in [0.15, 0.2) is 35.6 Å². The van der Waals surface area contributed by atoms with E-state index >= 15 is 8.78 Å². The highest BCUT2D eigenvalue weighted by molar-refractivity contribution is 6.76. The lowest BCUT2D eigenvalue weighted by molar-refractivity contribution is 0.0898. The molecule has 3 aromatic rings. The lowest BCUT2D eigenvalue weighted by Crippen LogP contribution is -2.38. The highest BCUT2D eigenvalue weighted by Gasteiger charge is 2.38. The Hall–Kier alpha value is -3.02. The zero-order chi connectivity index (χ0) is 28.5. The molecule has 1 N–H and O–H groups in total. The van der Waals surface area contributed by atoms with E-state index in [-0.39, 0.29) is 23.0 Å². The standard InChI is InChI=1S/C29H38F2N4O4Si/c1-19(2)21-14-35(18-37-10-11-40(3,4)5)27-25(21)24(6-8-32-27)39-26-22(30)12-20(13-23(26)31)34-28-33-15-29(17-38-28)7-9-36-16-29/h6,8,12-14,19H,7,9-11,15-18H2,1-5H3,(H,33,34)/t29-/m1/s1. The van der Waals surface area contributed by atoms with Gasteiger partial charge in [-0.3, -0.25) is 0 Å². The van der Waals surface area contributed by atoms with Gasteiger partial charge < -0.3 is 28.8 Å². The molecule has 0 amide bonds. The first kappa shape index (κ1) is 28.5. The largest absolute Gasteiger partial charge is 0.464 e. The lowest BCUT2D eigenvalue weighted by atomic mass is 9.88. The van der Waals surface area contributed by atoms with E-state index in [1.165, 1.54) is 12.1 Å². The number of amidine groups is 1. The number of anilines is 1. The van der Waals surface area contributed by atoms with Crippen LogP contribution in [0.2, 0.25) is 25.7 Å². The van der Waals surface area contributed by atoms with Crippen molar-refractivity contribution in [3.63, 3.8) is 0 Å². The van der Waals surface area contributed by atoms with Gasteiger partial charge in [0.2, 0.25) is 0 Å². The van der Waals surface area contributed by atoms with Crippen molar-refractivity contribution < 1.29 is 27.7 Å². The van der Waals surface area contributed by atoms with Crippen molar-refractivity contribution in [1.82, 2.24) is 9.55 Å².